The molecular weight excluding hydrogens is 440 g/mol. The lowest BCUT2D eigenvalue weighted by atomic mass is 9.95. The Kier molecular flexibility index (Phi) is 6.35. The molecule has 1 aliphatic rings. The molecule has 3 heterocycles. The number of carbonyl (C=O) groups is 1. The van der Waals surface area contributed by atoms with E-state index in [1.54, 1.807) is 20.1 Å². The van der Waals surface area contributed by atoms with Crippen LogP contribution in [0.3, 0.4) is 0 Å². The second-order valence-electron chi connectivity index (χ2n) is 8.99. The maximum absolute atomic E-state index is 13.3. The molecule has 2 aromatic heterocycles. The van der Waals surface area contributed by atoms with E-state index in [-0.39, 0.29) is 17.5 Å². The van der Waals surface area contributed by atoms with Gasteiger partial charge in [-0.2, -0.15) is 10.2 Å². The second kappa shape index (κ2) is 9.74. The van der Waals surface area contributed by atoms with Gasteiger partial charge < -0.3 is 4.90 Å². The van der Waals surface area contributed by atoms with Gasteiger partial charge in [-0.15, -0.1) is 0 Å². The van der Waals surface area contributed by atoms with Gasteiger partial charge in [-0.05, 0) is 44.4 Å². The van der Waals surface area contributed by atoms with Gasteiger partial charge in [0.05, 0.1) is 29.7 Å². The molecule has 0 N–H and O–H groups in total. The number of para-hydroxylation sites is 1. The molecule has 5 rings (SSSR count). The highest BCUT2D eigenvalue weighted by molar-refractivity contribution is 5.95. The van der Waals surface area contributed by atoms with Gasteiger partial charge in [-0.25, -0.2) is 14.2 Å². The molecule has 4 aromatic rings. The lowest BCUT2D eigenvalue weighted by Crippen LogP contribution is -2.38. The van der Waals surface area contributed by atoms with Crippen molar-refractivity contribution in [2.24, 2.45) is 0 Å². The van der Waals surface area contributed by atoms with Crippen LogP contribution in [0.15, 0.2) is 71.7 Å². The Morgan fingerprint density at radius 1 is 1.00 bits per heavy atom. The summed E-state index contributed by atoms with van der Waals surface area (Å²) in [4.78, 5) is 28.2. The van der Waals surface area contributed by atoms with Crippen molar-refractivity contribution in [1.29, 1.82) is 0 Å². The first kappa shape index (κ1) is 22.8. The van der Waals surface area contributed by atoms with Crippen molar-refractivity contribution in [3.63, 3.8) is 0 Å². The van der Waals surface area contributed by atoms with Crippen LogP contribution in [-0.2, 0) is 13.1 Å². The normalized spacial score (nSPS) is 14.4. The first-order chi connectivity index (χ1) is 17.1. The van der Waals surface area contributed by atoms with Crippen molar-refractivity contribution in [3.05, 3.63) is 100.0 Å². The Balaban J connectivity index is 1.29. The van der Waals surface area contributed by atoms with Gasteiger partial charge in [0.15, 0.2) is 0 Å². The molecule has 0 unspecified atom stereocenters. The van der Waals surface area contributed by atoms with Gasteiger partial charge in [-0.1, -0.05) is 48.5 Å². The molecule has 1 aliphatic heterocycles. The number of hydrogen-bond donors (Lipinski definition) is 0. The SMILES string of the molecule is CCn1c(C2CCN(C(=O)c3cnn(-c4ccccc4)c3C)CC2)nn(Cc2ccccc2)c1=O. The first-order valence-electron chi connectivity index (χ1n) is 12.2. The van der Waals surface area contributed by atoms with Crippen LogP contribution in [0.4, 0.5) is 0 Å². The minimum Gasteiger partial charge on any atom is -0.338 e. The fourth-order valence-corrected chi connectivity index (χ4v) is 4.88. The molecular formula is C27H30N6O2. The van der Waals surface area contributed by atoms with Gasteiger partial charge in [0, 0.05) is 25.6 Å². The predicted octanol–water partition coefficient (Wildman–Crippen LogP) is 3.63. The van der Waals surface area contributed by atoms with Crippen LogP contribution in [0.25, 0.3) is 5.69 Å². The zero-order chi connectivity index (χ0) is 24.4. The summed E-state index contributed by atoms with van der Waals surface area (Å²) in [5, 5.41) is 9.18. The number of nitrogens with zero attached hydrogens (tertiary/aromatic N) is 6. The number of piperidine rings is 1. The van der Waals surface area contributed by atoms with Crippen LogP contribution < -0.4 is 5.69 Å². The maximum Gasteiger partial charge on any atom is 0.346 e. The summed E-state index contributed by atoms with van der Waals surface area (Å²) >= 11 is 0. The molecule has 2 aromatic carbocycles. The van der Waals surface area contributed by atoms with E-state index in [4.69, 9.17) is 5.10 Å². The summed E-state index contributed by atoms with van der Waals surface area (Å²) in [6.45, 7) is 6.21. The molecule has 1 amide bonds. The lowest BCUT2D eigenvalue weighted by molar-refractivity contribution is 0.0709. The number of amides is 1. The van der Waals surface area contributed by atoms with Crippen LogP contribution in [0.1, 0.15) is 53.1 Å². The molecule has 0 saturated carbocycles. The Hall–Kier alpha value is -3.94. The van der Waals surface area contributed by atoms with Crippen molar-refractivity contribution < 1.29 is 4.79 Å². The van der Waals surface area contributed by atoms with E-state index in [1.807, 2.05) is 79.4 Å². The minimum atomic E-state index is -0.0752. The Bertz CT molecular complexity index is 1360. The summed E-state index contributed by atoms with van der Waals surface area (Å²) < 4.78 is 5.14. The van der Waals surface area contributed by atoms with Crippen LogP contribution in [0.2, 0.25) is 0 Å². The number of rotatable bonds is 6. The number of hydrogen-bond acceptors (Lipinski definition) is 4. The van der Waals surface area contributed by atoms with E-state index < -0.39 is 0 Å². The summed E-state index contributed by atoms with van der Waals surface area (Å²) in [7, 11) is 0. The zero-order valence-corrected chi connectivity index (χ0v) is 20.2. The number of aromatic nitrogens is 5. The highest BCUT2D eigenvalue weighted by atomic mass is 16.2. The highest BCUT2D eigenvalue weighted by Gasteiger charge is 2.30. The van der Waals surface area contributed by atoms with E-state index in [2.05, 4.69) is 5.10 Å². The van der Waals surface area contributed by atoms with Gasteiger partial charge in [0.2, 0.25) is 0 Å². The van der Waals surface area contributed by atoms with E-state index in [1.165, 1.54) is 0 Å². The molecule has 35 heavy (non-hydrogen) atoms. The van der Waals surface area contributed by atoms with Gasteiger partial charge in [0.1, 0.15) is 5.82 Å². The van der Waals surface area contributed by atoms with E-state index in [9.17, 15) is 9.59 Å². The van der Waals surface area contributed by atoms with Gasteiger partial charge >= 0.3 is 5.69 Å². The Morgan fingerprint density at radius 2 is 1.66 bits per heavy atom. The fourth-order valence-electron chi connectivity index (χ4n) is 4.88. The first-order valence-corrected chi connectivity index (χ1v) is 12.2. The van der Waals surface area contributed by atoms with Gasteiger partial charge in [0.25, 0.3) is 5.91 Å². The zero-order valence-electron chi connectivity index (χ0n) is 20.2. The van der Waals surface area contributed by atoms with Crippen molar-refractivity contribution in [3.8, 4) is 5.69 Å². The number of carbonyl (C=O) groups excluding carboxylic acids is 1. The number of likely N-dealkylation sites (tertiary alicyclic amines) is 1. The summed E-state index contributed by atoms with van der Waals surface area (Å²) in [6, 6.07) is 19.7. The average Bonchev–Trinajstić information content (AvgIpc) is 3.44. The maximum atomic E-state index is 13.3. The minimum absolute atomic E-state index is 0.00520. The largest absolute Gasteiger partial charge is 0.346 e. The molecule has 0 bridgehead atoms. The molecule has 0 atom stereocenters. The standard InChI is InChI=1S/C27H30N6O2/c1-3-31-25(29-32(27(31)35)19-21-10-6-4-7-11-21)22-14-16-30(17-15-22)26(34)24-18-28-33(20(24)2)23-12-8-5-9-13-23/h4-13,18,22H,3,14-17,19H2,1-2H3. The van der Waals surface area contributed by atoms with E-state index in [0.717, 1.165) is 35.6 Å². The number of benzene rings is 2. The molecule has 8 heteroatoms. The monoisotopic (exact) mass is 470 g/mol. The Morgan fingerprint density at radius 3 is 2.31 bits per heavy atom. The van der Waals surface area contributed by atoms with Crippen molar-refractivity contribution in [2.75, 3.05) is 13.1 Å². The smallest absolute Gasteiger partial charge is 0.338 e. The van der Waals surface area contributed by atoms with E-state index >= 15 is 0 Å². The van der Waals surface area contributed by atoms with Crippen molar-refractivity contribution >= 4 is 5.91 Å². The van der Waals surface area contributed by atoms with Crippen LogP contribution >= 0.6 is 0 Å². The third kappa shape index (κ3) is 4.43. The molecule has 180 valence electrons. The topological polar surface area (TPSA) is 78.0 Å². The predicted molar refractivity (Wildman–Crippen MR) is 134 cm³/mol. The van der Waals surface area contributed by atoms with Crippen LogP contribution in [0, 0.1) is 6.92 Å². The second-order valence-corrected chi connectivity index (χ2v) is 8.99. The van der Waals surface area contributed by atoms with Gasteiger partial charge in [-0.3, -0.25) is 9.36 Å². The molecule has 8 nitrogen and oxygen atoms in total. The quantitative estimate of drug-likeness (QED) is 0.431. The van der Waals surface area contributed by atoms with Crippen molar-refractivity contribution in [2.45, 2.75) is 45.7 Å². The third-order valence-corrected chi connectivity index (χ3v) is 6.83. The molecule has 0 aliphatic carbocycles. The van der Waals surface area contributed by atoms with Crippen LogP contribution in [0.5, 0.6) is 0 Å². The van der Waals surface area contributed by atoms with E-state index in [0.29, 0.717) is 31.7 Å². The molecule has 0 spiro atoms. The average molecular weight is 471 g/mol. The summed E-state index contributed by atoms with van der Waals surface area (Å²) in [6.07, 6.45) is 3.22. The molecule has 1 saturated heterocycles. The third-order valence-electron chi connectivity index (χ3n) is 6.83. The fraction of sp³-hybridized carbons (Fsp3) is 0.333. The molecule has 0 radical (unpaired) electrons. The van der Waals surface area contributed by atoms with Crippen molar-refractivity contribution in [1.82, 2.24) is 29.0 Å². The summed E-state index contributed by atoms with van der Waals surface area (Å²) in [5.74, 6) is 0.982. The Labute approximate surface area is 204 Å². The van der Waals surface area contributed by atoms with Crippen LogP contribution in [-0.4, -0.2) is 48.0 Å². The summed E-state index contributed by atoms with van der Waals surface area (Å²) in [5.41, 5.74) is 3.38. The molecule has 1 fully saturated rings. The lowest BCUT2D eigenvalue weighted by Gasteiger charge is -2.31. The highest BCUT2D eigenvalue weighted by Crippen LogP contribution is 2.28.